The highest BCUT2D eigenvalue weighted by molar-refractivity contribution is 6.00. The number of esters is 1. The summed E-state index contributed by atoms with van der Waals surface area (Å²) in [6.07, 6.45) is 2.40. The zero-order valence-corrected chi connectivity index (χ0v) is 8.16. The van der Waals surface area contributed by atoms with Gasteiger partial charge in [0.15, 0.2) is 5.41 Å². The normalized spacial score (nSPS) is 32.3. The molecule has 5 nitrogen and oxygen atoms in total. The summed E-state index contributed by atoms with van der Waals surface area (Å²) < 4.78 is 4.53. The molecule has 0 bridgehead atoms. The number of nitrogens with two attached hydrogens (primary N) is 1. The fraction of sp³-hybridized carbons (Fsp3) is 0.778. The molecule has 0 aromatic carbocycles. The predicted molar refractivity (Wildman–Crippen MR) is 48.5 cm³/mol. The zero-order chi connectivity index (χ0) is 10.8. The van der Waals surface area contributed by atoms with Crippen LogP contribution in [0.25, 0.3) is 0 Å². The predicted octanol–water partition coefficient (Wildman–Crippen LogP) is 0.132. The van der Waals surface area contributed by atoms with E-state index < -0.39 is 23.4 Å². The van der Waals surface area contributed by atoms with Crippen molar-refractivity contribution in [2.24, 2.45) is 11.1 Å². The third-order valence-corrected chi connectivity index (χ3v) is 2.90. The number of carbonyl (C=O) groups excluding carboxylic acids is 1. The molecule has 1 rings (SSSR count). The molecule has 0 spiro atoms. The van der Waals surface area contributed by atoms with Gasteiger partial charge >= 0.3 is 11.9 Å². The Hall–Kier alpha value is -1.10. The molecule has 0 radical (unpaired) electrons. The lowest BCUT2D eigenvalue weighted by atomic mass is 9.70. The molecule has 80 valence electrons. The Morgan fingerprint density at radius 2 is 2.14 bits per heavy atom. The van der Waals surface area contributed by atoms with Gasteiger partial charge in [-0.25, -0.2) is 0 Å². The number of hydrogen-bond donors (Lipinski definition) is 2. The Morgan fingerprint density at radius 1 is 1.50 bits per heavy atom. The standard InChI is InChI=1S/C9H15NO4/c1-14-8(13)9(7(11)12)5-3-2-4-6(9)10/h6H,2-5,10H2,1H3,(H,11,12). The average Bonchev–Trinajstić information content (AvgIpc) is 2.17. The van der Waals surface area contributed by atoms with Crippen LogP contribution >= 0.6 is 0 Å². The van der Waals surface area contributed by atoms with Crippen LogP contribution in [0.5, 0.6) is 0 Å². The van der Waals surface area contributed by atoms with Gasteiger partial charge in [0.1, 0.15) is 0 Å². The highest BCUT2D eigenvalue weighted by Crippen LogP contribution is 2.36. The number of carboxylic acid groups (broad SMARTS) is 1. The molecular formula is C9H15NO4. The number of carboxylic acids is 1. The van der Waals surface area contributed by atoms with Crippen LogP contribution in [0.2, 0.25) is 0 Å². The highest BCUT2D eigenvalue weighted by Gasteiger charge is 2.53. The van der Waals surface area contributed by atoms with Crippen LogP contribution in [-0.2, 0) is 14.3 Å². The average molecular weight is 201 g/mol. The quantitative estimate of drug-likeness (QED) is 0.489. The second-order valence-electron chi connectivity index (χ2n) is 3.62. The van der Waals surface area contributed by atoms with Gasteiger partial charge in [-0.3, -0.25) is 9.59 Å². The first-order chi connectivity index (χ1) is 6.55. The molecule has 1 fully saturated rings. The molecule has 0 aliphatic heterocycles. The molecule has 5 heteroatoms. The third kappa shape index (κ3) is 1.48. The minimum absolute atomic E-state index is 0.274. The summed E-state index contributed by atoms with van der Waals surface area (Å²) in [5, 5.41) is 9.08. The zero-order valence-electron chi connectivity index (χ0n) is 8.16. The van der Waals surface area contributed by atoms with Crippen LogP contribution in [0.3, 0.4) is 0 Å². The summed E-state index contributed by atoms with van der Waals surface area (Å²) >= 11 is 0. The monoisotopic (exact) mass is 201 g/mol. The number of methoxy groups -OCH3 is 1. The van der Waals surface area contributed by atoms with Crippen molar-refractivity contribution in [3.05, 3.63) is 0 Å². The van der Waals surface area contributed by atoms with E-state index >= 15 is 0 Å². The lowest BCUT2D eigenvalue weighted by Crippen LogP contribution is -2.55. The van der Waals surface area contributed by atoms with Crippen LogP contribution in [0, 0.1) is 5.41 Å². The van der Waals surface area contributed by atoms with Gasteiger partial charge in [-0.1, -0.05) is 12.8 Å². The van der Waals surface area contributed by atoms with E-state index in [9.17, 15) is 9.59 Å². The minimum Gasteiger partial charge on any atom is -0.480 e. The van der Waals surface area contributed by atoms with Crippen molar-refractivity contribution >= 4 is 11.9 Å². The molecule has 0 saturated heterocycles. The van der Waals surface area contributed by atoms with Crippen molar-refractivity contribution in [2.45, 2.75) is 31.7 Å². The van der Waals surface area contributed by atoms with Crippen molar-refractivity contribution in [1.82, 2.24) is 0 Å². The van der Waals surface area contributed by atoms with Crippen molar-refractivity contribution in [3.63, 3.8) is 0 Å². The molecule has 0 aromatic heterocycles. The maximum atomic E-state index is 11.5. The Bertz CT molecular complexity index is 253. The maximum Gasteiger partial charge on any atom is 0.324 e. The van der Waals surface area contributed by atoms with E-state index in [-0.39, 0.29) is 6.42 Å². The van der Waals surface area contributed by atoms with Crippen LogP contribution in [0.1, 0.15) is 25.7 Å². The third-order valence-electron chi connectivity index (χ3n) is 2.90. The van der Waals surface area contributed by atoms with Crippen LogP contribution in [0.4, 0.5) is 0 Å². The van der Waals surface area contributed by atoms with Crippen LogP contribution in [0.15, 0.2) is 0 Å². The molecule has 2 atom stereocenters. The van der Waals surface area contributed by atoms with Gasteiger partial charge < -0.3 is 15.6 Å². The van der Waals surface area contributed by atoms with Gasteiger partial charge in [0, 0.05) is 6.04 Å². The first-order valence-corrected chi connectivity index (χ1v) is 4.63. The fourth-order valence-electron chi connectivity index (χ4n) is 1.99. The van der Waals surface area contributed by atoms with E-state index in [1.165, 1.54) is 7.11 Å². The van der Waals surface area contributed by atoms with Gasteiger partial charge in [-0.15, -0.1) is 0 Å². The number of hydrogen-bond acceptors (Lipinski definition) is 4. The van der Waals surface area contributed by atoms with Crippen LogP contribution < -0.4 is 5.73 Å². The smallest absolute Gasteiger partial charge is 0.324 e. The topological polar surface area (TPSA) is 89.6 Å². The minimum atomic E-state index is -1.52. The number of aliphatic carboxylic acids is 1. The van der Waals surface area contributed by atoms with E-state index in [1.54, 1.807) is 0 Å². The molecule has 1 aliphatic carbocycles. The van der Waals surface area contributed by atoms with Crippen molar-refractivity contribution in [3.8, 4) is 0 Å². The largest absolute Gasteiger partial charge is 0.480 e. The first kappa shape index (κ1) is 11.0. The number of rotatable bonds is 2. The van der Waals surface area contributed by atoms with Crippen molar-refractivity contribution in [2.75, 3.05) is 7.11 Å². The van der Waals surface area contributed by atoms with E-state index in [4.69, 9.17) is 10.8 Å². The Morgan fingerprint density at radius 3 is 2.57 bits per heavy atom. The molecule has 3 N–H and O–H groups in total. The fourth-order valence-corrected chi connectivity index (χ4v) is 1.99. The Balaban J connectivity index is 3.01. The molecule has 0 amide bonds. The highest BCUT2D eigenvalue weighted by atomic mass is 16.5. The Kier molecular flexibility index (Phi) is 3.10. The molecule has 1 aliphatic rings. The molecule has 0 heterocycles. The summed E-state index contributed by atoms with van der Waals surface area (Å²) in [7, 11) is 1.19. The second kappa shape index (κ2) is 3.96. The molecule has 14 heavy (non-hydrogen) atoms. The number of carbonyl (C=O) groups is 2. The maximum absolute atomic E-state index is 11.5. The lowest BCUT2D eigenvalue weighted by molar-refractivity contribution is -0.171. The van der Waals surface area contributed by atoms with E-state index in [1.807, 2.05) is 0 Å². The summed E-state index contributed by atoms with van der Waals surface area (Å²) in [4.78, 5) is 22.6. The molecule has 1 saturated carbocycles. The van der Waals surface area contributed by atoms with Crippen molar-refractivity contribution < 1.29 is 19.4 Å². The van der Waals surface area contributed by atoms with Crippen LogP contribution in [-0.4, -0.2) is 30.2 Å². The molecule has 0 aromatic rings. The van der Waals surface area contributed by atoms with Gasteiger partial charge in [-0.2, -0.15) is 0 Å². The van der Waals surface area contributed by atoms with Gasteiger partial charge in [0.05, 0.1) is 7.11 Å². The lowest BCUT2D eigenvalue weighted by Gasteiger charge is -2.35. The summed E-state index contributed by atoms with van der Waals surface area (Å²) in [6.45, 7) is 0. The Labute approximate surface area is 82.2 Å². The van der Waals surface area contributed by atoms with E-state index in [0.29, 0.717) is 12.8 Å². The molecular weight excluding hydrogens is 186 g/mol. The van der Waals surface area contributed by atoms with E-state index in [2.05, 4.69) is 4.74 Å². The summed E-state index contributed by atoms with van der Waals surface area (Å²) in [5.74, 6) is -1.89. The second-order valence-corrected chi connectivity index (χ2v) is 3.62. The van der Waals surface area contributed by atoms with Gasteiger partial charge in [0.2, 0.25) is 0 Å². The SMILES string of the molecule is COC(=O)C1(C(=O)O)CCCCC1N. The first-order valence-electron chi connectivity index (χ1n) is 4.63. The van der Waals surface area contributed by atoms with E-state index in [0.717, 1.165) is 6.42 Å². The van der Waals surface area contributed by atoms with Gasteiger partial charge in [-0.05, 0) is 12.8 Å². The molecule has 2 unspecified atom stereocenters. The van der Waals surface area contributed by atoms with Crippen molar-refractivity contribution in [1.29, 1.82) is 0 Å². The summed E-state index contributed by atoms with van der Waals surface area (Å²) in [5.41, 5.74) is 4.19. The summed E-state index contributed by atoms with van der Waals surface area (Å²) in [6, 6.07) is -0.638. The van der Waals surface area contributed by atoms with Gasteiger partial charge in [0.25, 0.3) is 0 Å². The number of ether oxygens (including phenoxy) is 1.